The Labute approximate surface area is 139 Å². The van der Waals surface area contributed by atoms with E-state index in [1.54, 1.807) is 15.8 Å². The van der Waals surface area contributed by atoms with Crippen molar-refractivity contribution < 1.29 is 9.59 Å². The lowest BCUT2D eigenvalue weighted by molar-refractivity contribution is 0.0532. The van der Waals surface area contributed by atoms with E-state index >= 15 is 0 Å². The van der Waals surface area contributed by atoms with Crippen molar-refractivity contribution >= 4 is 23.2 Å². The summed E-state index contributed by atoms with van der Waals surface area (Å²) in [6, 6.07) is 5.78. The Bertz CT molecular complexity index is 719. The number of carbonyl (C=O) groups excluding carboxylic acids is 2. The van der Waals surface area contributed by atoms with Crippen LogP contribution in [0.4, 0.5) is 0 Å². The molecule has 0 unspecified atom stereocenters. The summed E-state index contributed by atoms with van der Waals surface area (Å²) in [6.07, 6.45) is 0. The quantitative estimate of drug-likeness (QED) is 0.850. The Balaban J connectivity index is 1.63. The molecule has 0 spiro atoms. The molecule has 0 saturated carbocycles. The molecular formula is C17H19N3O2S. The van der Waals surface area contributed by atoms with Gasteiger partial charge in [-0.25, -0.2) is 4.98 Å². The molecule has 1 fully saturated rings. The van der Waals surface area contributed by atoms with E-state index < -0.39 is 0 Å². The maximum Gasteiger partial charge on any atom is 0.273 e. The largest absolute Gasteiger partial charge is 0.335 e. The molecule has 2 aromatic rings. The first-order chi connectivity index (χ1) is 11.1. The zero-order valence-electron chi connectivity index (χ0n) is 13.3. The number of amides is 2. The summed E-state index contributed by atoms with van der Waals surface area (Å²) in [4.78, 5) is 32.5. The van der Waals surface area contributed by atoms with Gasteiger partial charge in [-0.1, -0.05) is 6.07 Å². The minimum Gasteiger partial charge on any atom is -0.335 e. The van der Waals surface area contributed by atoms with Crippen LogP contribution in [0.15, 0.2) is 29.1 Å². The highest BCUT2D eigenvalue weighted by atomic mass is 32.1. The average molecular weight is 329 g/mol. The number of piperazine rings is 1. The zero-order chi connectivity index (χ0) is 16.4. The van der Waals surface area contributed by atoms with Gasteiger partial charge in [-0.15, -0.1) is 11.3 Å². The second-order valence-electron chi connectivity index (χ2n) is 5.76. The van der Waals surface area contributed by atoms with Gasteiger partial charge >= 0.3 is 0 Å². The Morgan fingerprint density at radius 1 is 1.00 bits per heavy atom. The molecule has 6 heteroatoms. The van der Waals surface area contributed by atoms with E-state index in [1.807, 2.05) is 36.9 Å². The molecule has 2 heterocycles. The first-order valence-corrected chi connectivity index (χ1v) is 8.54. The summed E-state index contributed by atoms with van der Waals surface area (Å²) >= 11 is 1.41. The van der Waals surface area contributed by atoms with Crippen molar-refractivity contribution in [2.24, 2.45) is 0 Å². The summed E-state index contributed by atoms with van der Waals surface area (Å²) in [5, 5.41) is 1.76. The molecule has 3 rings (SSSR count). The Morgan fingerprint density at radius 2 is 1.65 bits per heavy atom. The number of hydrogen-bond acceptors (Lipinski definition) is 4. The van der Waals surface area contributed by atoms with E-state index in [0.717, 1.165) is 5.56 Å². The molecule has 2 amide bonds. The normalized spacial score (nSPS) is 14.9. The highest BCUT2D eigenvalue weighted by Crippen LogP contribution is 2.15. The standard InChI is InChI=1S/C17H19N3O2S/c1-12-3-4-14(9-13(12)2)16(21)19-5-7-20(8-6-19)17(22)15-10-23-11-18-15/h3-4,9-11H,5-8H2,1-2H3. The average Bonchev–Trinajstić information content (AvgIpc) is 3.11. The van der Waals surface area contributed by atoms with Crippen molar-refractivity contribution in [3.8, 4) is 0 Å². The van der Waals surface area contributed by atoms with Crippen molar-refractivity contribution in [2.45, 2.75) is 13.8 Å². The molecule has 0 radical (unpaired) electrons. The lowest BCUT2D eigenvalue weighted by Crippen LogP contribution is -2.50. The molecule has 0 bridgehead atoms. The highest BCUT2D eigenvalue weighted by Gasteiger charge is 2.26. The fraction of sp³-hybridized carbons (Fsp3) is 0.353. The van der Waals surface area contributed by atoms with Crippen LogP contribution >= 0.6 is 11.3 Å². The number of carbonyl (C=O) groups is 2. The first-order valence-electron chi connectivity index (χ1n) is 7.60. The first kappa shape index (κ1) is 15.7. The summed E-state index contributed by atoms with van der Waals surface area (Å²) in [5.74, 6) is -0.0154. The monoisotopic (exact) mass is 329 g/mol. The van der Waals surface area contributed by atoms with Gasteiger partial charge in [-0.2, -0.15) is 0 Å². The predicted octanol–water partition coefficient (Wildman–Crippen LogP) is 2.36. The number of nitrogens with zero attached hydrogens (tertiary/aromatic N) is 3. The third-order valence-electron chi connectivity index (χ3n) is 4.26. The maximum atomic E-state index is 12.6. The molecular weight excluding hydrogens is 310 g/mol. The van der Waals surface area contributed by atoms with Crippen molar-refractivity contribution in [1.29, 1.82) is 0 Å². The fourth-order valence-corrected chi connectivity index (χ4v) is 3.18. The van der Waals surface area contributed by atoms with Gasteiger partial charge in [-0.05, 0) is 37.1 Å². The molecule has 5 nitrogen and oxygen atoms in total. The zero-order valence-corrected chi connectivity index (χ0v) is 14.1. The second kappa shape index (κ2) is 6.50. The Hall–Kier alpha value is -2.21. The molecule has 1 aliphatic heterocycles. The molecule has 0 N–H and O–H groups in total. The molecule has 120 valence electrons. The van der Waals surface area contributed by atoms with E-state index in [0.29, 0.717) is 37.4 Å². The van der Waals surface area contributed by atoms with Gasteiger partial charge < -0.3 is 9.80 Å². The van der Waals surface area contributed by atoms with Crippen LogP contribution in [0.25, 0.3) is 0 Å². The van der Waals surface area contributed by atoms with Gasteiger partial charge in [0.25, 0.3) is 11.8 Å². The van der Waals surface area contributed by atoms with Gasteiger partial charge in [0.1, 0.15) is 5.69 Å². The van der Waals surface area contributed by atoms with Crippen LogP contribution in [0.2, 0.25) is 0 Å². The van der Waals surface area contributed by atoms with E-state index in [-0.39, 0.29) is 11.8 Å². The summed E-state index contributed by atoms with van der Waals surface area (Å²) in [7, 11) is 0. The maximum absolute atomic E-state index is 12.6. The third kappa shape index (κ3) is 3.27. The van der Waals surface area contributed by atoms with Crippen molar-refractivity contribution in [3.63, 3.8) is 0 Å². The smallest absolute Gasteiger partial charge is 0.273 e. The molecule has 1 aromatic heterocycles. The van der Waals surface area contributed by atoms with Crippen LogP contribution in [0.1, 0.15) is 32.0 Å². The van der Waals surface area contributed by atoms with Crippen LogP contribution in [-0.4, -0.2) is 52.8 Å². The van der Waals surface area contributed by atoms with Crippen LogP contribution in [-0.2, 0) is 0 Å². The number of aromatic nitrogens is 1. The van der Waals surface area contributed by atoms with Crippen molar-refractivity contribution in [1.82, 2.24) is 14.8 Å². The van der Waals surface area contributed by atoms with E-state index in [9.17, 15) is 9.59 Å². The lowest BCUT2D eigenvalue weighted by Gasteiger charge is -2.34. The Morgan fingerprint density at radius 3 is 2.22 bits per heavy atom. The summed E-state index contributed by atoms with van der Waals surface area (Å²) < 4.78 is 0. The summed E-state index contributed by atoms with van der Waals surface area (Å²) in [6.45, 7) is 6.26. The predicted molar refractivity (Wildman–Crippen MR) is 89.8 cm³/mol. The number of benzene rings is 1. The van der Waals surface area contributed by atoms with Crippen molar-refractivity contribution in [2.75, 3.05) is 26.2 Å². The lowest BCUT2D eigenvalue weighted by atomic mass is 10.1. The number of hydrogen-bond donors (Lipinski definition) is 0. The van der Waals surface area contributed by atoms with E-state index in [4.69, 9.17) is 0 Å². The van der Waals surface area contributed by atoms with E-state index in [1.165, 1.54) is 16.9 Å². The van der Waals surface area contributed by atoms with E-state index in [2.05, 4.69) is 4.98 Å². The van der Waals surface area contributed by atoms with Crippen LogP contribution < -0.4 is 0 Å². The van der Waals surface area contributed by atoms with Crippen LogP contribution in [0.3, 0.4) is 0 Å². The highest BCUT2D eigenvalue weighted by molar-refractivity contribution is 7.07. The van der Waals surface area contributed by atoms with Gasteiger partial charge in [-0.3, -0.25) is 9.59 Å². The van der Waals surface area contributed by atoms with Gasteiger partial charge in [0.05, 0.1) is 5.51 Å². The third-order valence-corrected chi connectivity index (χ3v) is 4.85. The minimum atomic E-state index is -0.0514. The molecule has 1 saturated heterocycles. The fourth-order valence-electron chi connectivity index (χ4n) is 2.65. The number of thiazole rings is 1. The molecule has 1 aromatic carbocycles. The SMILES string of the molecule is Cc1ccc(C(=O)N2CCN(C(=O)c3cscn3)CC2)cc1C. The summed E-state index contributed by atoms with van der Waals surface area (Å²) in [5.41, 5.74) is 5.16. The molecule has 0 aliphatic carbocycles. The molecule has 0 atom stereocenters. The van der Waals surface area contributed by atoms with Gasteiger partial charge in [0, 0.05) is 37.1 Å². The topological polar surface area (TPSA) is 53.5 Å². The minimum absolute atomic E-state index is 0.0360. The Kier molecular flexibility index (Phi) is 4.43. The molecule has 23 heavy (non-hydrogen) atoms. The van der Waals surface area contributed by atoms with Gasteiger partial charge in [0.2, 0.25) is 0 Å². The molecule has 1 aliphatic rings. The van der Waals surface area contributed by atoms with Crippen LogP contribution in [0.5, 0.6) is 0 Å². The number of aryl methyl sites for hydroxylation is 2. The van der Waals surface area contributed by atoms with Crippen LogP contribution in [0, 0.1) is 13.8 Å². The second-order valence-corrected chi connectivity index (χ2v) is 6.48. The van der Waals surface area contributed by atoms with Gasteiger partial charge in [0.15, 0.2) is 0 Å². The number of rotatable bonds is 2. The van der Waals surface area contributed by atoms with Crippen molar-refractivity contribution in [3.05, 3.63) is 51.5 Å².